The number of anilines is 1. The van der Waals surface area contributed by atoms with Gasteiger partial charge < -0.3 is 15.0 Å². The number of methoxy groups -OCH3 is 1. The van der Waals surface area contributed by atoms with Gasteiger partial charge in [-0.15, -0.1) is 0 Å². The molecule has 0 fully saturated rings. The third kappa shape index (κ3) is 4.43. The highest BCUT2D eigenvalue weighted by Crippen LogP contribution is 2.12. The molecule has 0 saturated heterocycles. The molecule has 0 aliphatic rings. The van der Waals surface area contributed by atoms with Crippen molar-refractivity contribution < 1.29 is 14.3 Å². The number of esters is 1. The Kier molecular flexibility index (Phi) is 5.53. The number of aromatic amines is 1. The number of thioether (sulfide) groups is 1. The number of nitrogens with one attached hydrogen (secondary N) is 2. The van der Waals surface area contributed by atoms with Gasteiger partial charge in [-0.1, -0.05) is 6.07 Å². The zero-order chi connectivity index (χ0) is 16.8. The Bertz CT molecular complexity index is 788. The van der Waals surface area contributed by atoms with Gasteiger partial charge in [-0.2, -0.15) is 11.8 Å². The fourth-order valence-corrected chi connectivity index (χ4v) is 2.28. The van der Waals surface area contributed by atoms with Crippen LogP contribution in [-0.2, 0) is 10.5 Å². The molecule has 7 nitrogen and oxygen atoms in total. The van der Waals surface area contributed by atoms with Gasteiger partial charge in [0.15, 0.2) is 0 Å². The lowest BCUT2D eigenvalue weighted by atomic mass is 10.2. The molecule has 0 radical (unpaired) electrons. The van der Waals surface area contributed by atoms with E-state index in [9.17, 15) is 14.4 Å². The zero-order valence-electron chi connectivity index (χ0n) is 12.6. The zero-order valence-corrected chi connectivity index (χ0v) is 13.4. The van der Waals surface area contributed by atoms with E-state index in [1.165, 1.54) is 24.9 Å². The number of ether oxygens (including phenoxy) is 1. The predicted octanol–water partition coefficient (Wildman–Crippen LogP) is 1.67. The van der Waals surface area contributed by atoms with E-state index < -0.39 is 17.4 Å². The number of hydrogen-bond acceptors (Lipinski definition) is 6. The van der Waals surface area contributed by atoms with E-state index in [1.54, 1.807) is 18.2 Å². The first kappa shape index (κ1) is 16.8. The standard InChI is InChI=1S/C15H15N3O4S/c1-22-15(21)9-4-3-5-10(6-9)16-14(20)11-7-13(19)18-12(17-11)8-23-2/h3-7H,8H2,1-2H3,(H,16,20)(H,17,18,19). The summed E-state index contributed by atoms with van der Waals surface area (Å²) in [5, 5.41) is 2.61. The van der Waals surface area contributed by atoms with Crippen molar-refractivity contribution >= 4 is 29.3 Å². The van der Waals surface area contributed by atoms with Gasteiger partial charge in [0.2, 0.25) is 0 Å². The molecule has 0 bridgehead atoms. The molecule has 2 aromatic rings. The summed E-state index contributed by atoms with van der Waals surface area (Å²) >= 11 is 1.48. The summed E-state index contributed by atoms with van der Waals surface area (Å²) in [7, 11) is 1.28. The summed E-state index contributed by atoms with van der Waals surface area (Å²) in [6, 6.07) is 7.43. The molecule has 0 aliphatic carbocycles. The molecule has 1 amide bonds. The third-order valence-corrected chi connectivity index (χ3v) is 3.41. The number of benzene rings is 1. The first-order valence-corrected chi connectivity index (χ1v) is 8.01. The quantitative estimate of drug-likeness (QED) is 0.807. The van der Waals surface area contributed by atoms with Gasteiger partial charge in [0.05, 0.1) is 18.4 Å². The predicted molar refractivity (Wildman–Crippen MR) is 87.8 cm³/mol. The van der Waals surface area contributed by atoms with Gasteiger partial charge in [-0.25, -0.2) is 9.78 Å². The van der Waals surface area contributed by atoms with Crippen LogP contribution in [0.1, 0.15) is 26.7 Å². The van der Waals surface area contributed by atoms with Gasteiger partial charge in [-0.05, 0) is 24.5 Å². The van der Waals surface area contributed by atoms with E-state index in [-0.39, 0.29) is 5.69 Å². The SMILES string of the molecule is COC(=O)c1cccc(NC(=O)c2cc(=O)[nH]c(CSC)n2)c1. The van der Waals surface area contributed by atoms with E-state index in [1.807, 2.05) is 6.26 Å². The second-order valence-electron chi connectivity index (χ2n) is 4.54. The first-order valence-electron chi connectivity index (χ1n) is 6.62. The van der Waals surface area contributed by atoms with Gasteiger partial charge in [0.25, 0.3) is 11.5 Å². The van der Waals surface area contributed by atoms with Crippen LogP contribution < -0.4 is 10.9 Å². The monoisotopic (exact) mass is 333 g/mol. The Morgan fingerprint density at radius 1 is 1.35 bits per heavy atom. The highest BCUT2D eigenvalue weighted by Gasteiger charge is 2.12. The smallest absolute Gasteiger partial charge is 0.337 e. The maximum atomic E-state index is 12.2. The molecule has 0 spiro atoms. The Morgan fingerprint density at radius 3 is 2.83 bits per heavy atom. The van der Waals surface area contributed by atoms with Gasteiger partial charge in [0.1, 0.15) is 11.5 Å². The fraction of sp³-hybridized carbons (Fsp3) is 0.200. The number of hydrogen-bond donors (Lipinski definition) is 2. The van der Waals surface area contributed by atoms with Crippen LogP contribution >= 0.6 is 11.8 Å². The van der Waals surface area contributed by atoms with Crippen molar-refractivity contribution in [3.63, 3.8) is 0 Å². The minimum atomic E-state index is -0.527. The lowest BCUT2D eigenvalue weighted by molar-refractivity contribution is 0.0600. The molecule has 120 valence electrons. The molecule has 23 heavy (non-hydrogen) atoms. The van der Waals surface area contributed by atoms with Crippen LogP contribution in [0.5, 0.6) is 0 Å². The summed E-state index contributed by atoms with van der Waals surface area (Å²) in [5.41, 5.74) is 0.345. The maximum absolute atomic E-state index is 12.2. The number of rotatable bonds is 5. The van der Waals surface area contributed by atoms with E-state index in [0.717, 1.165) is 6.07 Å². The fourth-order valence-electron chi connectivity index (χ4n) is 1.87. The molecular formula is C15H15N3O4S. The molecule has 8 heteroatoms. The normalized spacial score (nSPS) is 10.2. The number of carbonyl (C=O) groups excluding carboxylic acids is 2. The molecule has 2 rings (SSSR count). The summed E-state index contributed by atoms with van der Waals surface area (Å²) in [6.45, 7) is 0. The van der Waals surface area contributed by atoms with Gasteiger partial charge in [-0.3, -0.25) is 9.59 Å². The Hall–Kier alpha value is -2.61. The largest absolute Gasteiger partial charge is 0.465 e. The van der Waals surface area contributed by atoms with Crippen LogP contribution in [0.4, 0.5) is 5.69 Å². The topological polar surface area (TPSA) is 101 Å². The molecule has 0 atom stereocenters. The minimum Gasteiger partial charge on any atom is -0.465 e. The second kappa shape index (κ2) is 7.59. The molecule has 1 aromatic carbocycles. The van der Waals surface area contributed by atoms with E-state index in [2.05, 4.69) is 20.0 Å². The van der Waals surface area contributed by atoms with Gasteiger partial charge >= 0.3 is 5.97 Å². The van der Waals surface area contributed by atoms with Crippen molar-refractivity contribution in [2.45, 2.75) is 5.75 Å². The Balaban J connectivity index is 2.22. The molecule has 1 aromatic heterocycles. The van der Waals surface area contributed by atoms with E-state index >= 15 is 0 Å². The lowest BCUT2D eigenvalue weighted by Crippen LogP contribution is -2.20. The summed E-state index contributed by atoms with van der Waals surface area (Å²) in [6.07, 6.45) is 1.87. The van der Waals surface area contributed by atoms with Crippen LogP contribution in [0.3, 0.4) is 0 Å². The maximum Gasteiger partial charge on any atom is 0.337 e. The average molecular weight is 333 g/mol. The number of nitrogens with zero attached hydrogens (tertiary/aromatic N) is 1. The molecule has 2 N–H and O–H groups in total. The minimum absolute atomic E-state index is 0.0151. The van der Waals surface area contributed by atoms with E-state index in [0.29, 0.717) is 22.8 Å². The number of carbonyl (C=O) groups is 2. The summed E-state index contributed by atoms with van der Waals surface area (Å²) in [5.74, 6) is -0.106. The third-order valence-electron chi connectivity index (χ3n) is 2.85. The Morgan fingerprint density at radius 2 is 2.13 bits per heavy atom. The first-order chi connectivity index (χ1) is 11.0. The van der Waals surface area contributed by atoms with Crippen LogP contribution in [0.15, 0.2) is 35.1 Å². The number of amides is 1. The van der Waals surface area contributed by atoms with Crippen molar-refractivity contribution in [1.82, 2.24) is 9.97 Å². The number of H-pyrrole nitrogens is 1. The van der Waals surface area contributed by atoms with Crippen molar-refractivity contribution in [2.75, 3.05) is 18.7 Å². The summed E-state index contributed by atoms with van der Waals surface area (Å²) in [4.78, 5) is 42.0. The van der Waals surface area contributed by atoms with Crippen molar-refractivity contribution in [2.24, 2.45) is 0 Å². The summed E-state index contributed by atoms with van der Waals surface area (Å²) < 4.78 is 4.63. The molecule has 1 heterocycles. The molecular weight excluding hydrogens is 318 g/mol. The average Bonchev–Trinajstić information content (AvgIpc) is 2.54. The van der Waals surface area contributed by atoms with Crippen LogP contribution in [0.2, 0.25) is 0 Å². The van der Waals surface area contributed by atoms with Crippen molar-refractivity contribution in [1.29, 1.82) is 0 Å². The highest BCUT2D eigenvalue weighted by atomic mass is 32.2. The highest BCUT2D eigenvalue weighted by molar-refractivity contribution is 7.97. The number of aromatic nitrogens is 2. The van der Waals surface area contributed by atoms with Crippen LogP contribution in [-0.4, -0.2) is 35.2 Å². The molecule has 0 aliphatic heterocycles. The lowest BCUT2D eigenvalue weighted by Gasteiger charge is -2.07. The van der Waals surface area contributed by atoms with Crippen LogP contribution in [0.25, 0.3) is 0 Å². The second-order valence-corrected chi connectivity index (χ2v) is 5.40. The van der Waals surface area contributed by atoms with Crippen LogP contribution in [0, 0.1) is 0 Å². The molecule has 0 saturated carbocycles. The van der Waals surface area contributed by atoms with E-state index in [4.69, 9.17) is 0 Å². The van der Waals surface area contributed by atoms with Crippen molar-refractivity contribution in [3.8, 4) is 0 Å². The Labute approximate surface area is 136 Å². The molecule has 0 unspecified atom stereocenters. The van der Waals surface area contributed by atoms with Crippen molar-refractivity contribution in [3.05, 3.63) is 57.8 Å². The van der Waals surface area contributed by atoms with Gasteiger partial charge in [0, 0.05) is 11.8 Å².